The van der Waals surface area contributed by atoms with Gasteiger partial charge >= 0.3 is 0 Å². The summed E-state index contributed by atoms with van der Waals surface area (Å²) < 4.78 is 7.72. The molecule has 1 unspecified atom stereocenters. The Morgan fingerprint density at radius 2 is 2.24 bits per heavy atom. The van der Waals surface area contributed by atoms with Crippen molar-refractivity contribution in [3.63, 3.8) is 0 Å². The first-order chi connectivity index (χ1) is 10.1. The maximum atomic E-state index is 10.5. The molecule has 114 valence electrons. The summed E-state index contributed by atoms with van der Waals surface area (Å²) in [5.74, 6) is 0. The zero-order valence-corrected chi connectivity index (χ0v) is 14.0. The molecule has 21 heavy (non-hydrogen) atoms. The number of aryl methyl sites for hydroxylation is 2. The van der Waals surface area contributed by atoms with Gasteiger partial charge in [-0.05, 0) is 41.3 Å². The molecule has 4 nitrogen and oxygen atoms in total. The van der Waals surface area contributed by atoms with Gasteiger partial charge in [0.25, 0.3) is 0 Å². The van der Waals surface area contributed by atoms with E-state index in [1.807, 2.05) is 0 Å². The van der Waals surface area contributed by atoms with Gasteiger partial charge in [-0.2, -0.15) is 5.10 Å². The van der Waals surface area contributed by atoms with Crippen LogP contribution >= 0.6 is 15.9 Å². The lowest BCUT2D eigenvalue weighted by Crippen LogP contribution is -2.13. The van der Waals surface area contributed by atoms with Crippen LogP contribution in [0, 0.1) is 6.92 Å². The number of aliphatic hydroxyl groups is 1. The first kappa shape index (κ1) is 16.2. The van der Waals surface area contributed by atoms with Crippen molar-refractivity contribution in [3.8, 4) is 0 Å². The number of rotatable bonds is 7. The fourth-order valence-corrected chi connectivity index (χ4v) is 2.93. The molecule has 0 saturated carbocycles. The van der Waals surface area contributed by atoms with E-state index in [4.69, 9.17) is 4.74 Å². The van der Waals surface area contributed by atoms with E-state index in [0.29, 0.717) is 19.6 Å². The molecule has 2 rings (SSSR count). The highest BCUT2D eigenvalue weighted by molar-refractivity contribution is 9.10. The summed E-state index contributed by atoms with van der Waals surface area (Å²) in [6, 6.07) is 8.38. The number of benzene rings is 1. The molecule has 1 heterocycles. The summed E-state index contributed by atoms with van der Waals surface area (Å²) in [6.07, 6.45) is 2.69. The monoisotopic (exact) mass is 352 g/mol. The first-order valence-electron chi connectivity index (χ1n) is 7.05. The number of nitrogens with zero attached hydrogens (tertiary/aromatic N) is 2. The predicted molar refractivity (Wildman–Crippen MR) is 86.3 cm³/mol. The van der Waals surface area contributed by atoms with Crippen molar-refractivity contribution in [1.82, 2.24) is 9.78 Å². The normalized spacial score (nSPS) is 12.6. The van der Waals surface area contributed by atoms with E-state index in [9.17, 15) is 5.11 Å². The van der Waals surface area contributed by atoms with Gasteiger partial charge in [0.2, 0.25) is 0 Å². The highest BCUT2D eigenvalue weighted by atomic mass is 79.9. The molecule has 1 atom stereocenters. The topological polar surface area (TPSA) is 47.3 Å². The van der Waals surface area contributed by atoms with Gasteiger partial charge in [-0.1, -0.05) is 29.8 Å². The minimum Gasteiger partial charge on any atom is -0.387 e. The van der Waals surface area contributed by atoms with Gasteiger partial charge in [0, 0.05) is 7.11 Å². The summed E-state index contributed by atoms with van der Waals surface area (Å²) in [5.41, 5.74) is 3.31. The van der Waals surface area contributed by atoms with Crippen molar-refractivity contribution in [3.05, 3.63) is 51.8 Å². The lowest BCUT2D eigenvalue weighted by Gasteiger charge is -2.14. The molecule has 0 aliphatic rings. The van der Waals surface area contributed by atoms with Crippen molar-refractivity contribution in [2.45, 2.75) is 32.4 Å². The average molecular weight is 353 g/mol. The van der Waals surface area contributed by atoms with Gasteiger partial charge in [-0.15, -0.1) is 0 Å². The van der Waals surface area contributed by atoms with Crippen molar-refractivity contribution < 1.29 is 9.84 Å². The van der Waals surface area contributed by atoms with Crippen LogP contribution in [0.1, 0.15) is 29.3 Å². The van der Waals surface area contributed by atoms with Crippen LogP contribution < -0.4 is 0 Å². The summed E-state index contributed by atoms with van der Waals surface area (Å²) in [4.78, 5) is 0. The average Bonchev–Trinajstić information content (AvgIpc) is 2.83. The van der Waals surface area contributed by atoms with Crippen molar-refractivity contribution in [2.24, 2.45) is 0 Å². The summed E-state index contributed by atoms with van der Waals surface area (Å²) in [7, 11) is 1.66. The second kappa shape index (κ2) is 7.73. The van der Waals surface area contributed by atoms with Gasteiger partial charge < -0.3 is 9.84 Å². The maximum Gasteiger partial charge on any atom is 0.0971 e. The Labute approximate surface area is 133 Å². The van der Waals surface area contributed by atoms with Crippen LogP contribution in [-0.4, -0.2) is 28.6 Å². The van der Waals surface area contributed by atoms with Crippen LogP contribution in [0.15, 0.2) is 34.9 Å². The summed E-state index contributed by atoms with van der Waals surface area (Å²) in [6.45, 7) is 3.29. The highest BCUT2D eigenvalue weighted by Crippen LogP contribution is 2.26. The van der Waals surface area contributed by atoms with E-state index >= 15 is 0 Å². The second-order valence-corrected chi connectivity index (χ2v) is 5.99. The molecule has 2 aromatic rings. The molecule has 1 aromatic carbocycles. The van der Waals surface area contributed by atoms with Crippen LogP contribution in [0.2, 0.25) is 0 Å². The first-order valence-corrected chi connectivity index (χ1v) is 7.85. The molecule has 0 aliphatic heterocycles. The van der Waals surface area contributed by atoms with E-state index in [0.717, 1.165) is 16.6 Å². The van der Waals surface area contributed by atoms with Crippen LogP contribution in [0.25, 0.3) is 0 Å². The van der Waals surface area contributed by atoms with Crippen LogP contribution in [0.4, 0.5) is 0 Å². The molecule has 1 N–H and O–H groups in total. The number of methoxy groups -OCH3 is 1. The van der Waals surface area contributed by atoms with E-state index in [2.05, 4.69) is 52.2 Å². The van der Waals surface area contributed by atoms with E-state index in [1.54, 1.807) is 18.0 Å². The molecule has 0 saturated heterocycles. The minimum absolute atomic E-state index is 0.542. The van der Waals surface area contributed by atoms with Gasteiger partial charge in [0.1, 0.15) is 0 Å². The molecule has 0 radical (unpaired) electrons. The third-order valence-corrected chi connectivity index (χ3v) is 4.06. The molecular weight excluding hydrogens is 332 g/mol. The SMILES string of the molecule is COCCn1ncc(Br)c1C(O)CCc1cccc(C)c1. The molecule has 0 amide bonds. The smallest absolute Gasteiger partial charge is 0.0971 e. The van der Waals surface area contributed by atoms with E-state index in [1.165, 1.54) is 11.1 Å². The van der Waals surface area contributed by atoms with E-state index < -0.39 is 6.10 Å². The van der Waals surface area contributed by atoms with Gasteiger partial charge in [-0.25, -0.2) is 0 Å². The third-order valence-electron chi connectivity index (χ3n) is 3.45. The quantitative estimate of drug-likeness (QED) is 0.831. The number of ether oxygens (including phenoxy) is 1. The maximum absolute atomic E-state index is 10.5. The molecule has 0 spiro atoms. The lowest BCUT2D eigenvalue weighted by molar-refractivity contribution is 0.145. The number of aliphatic hydroxyl groups excluding tert-OH is 1. The van der Waals surface area contributed by atoms with Crippen molar-refractivity contribution in [1.29, 1.82) is 0 Å². The fraction of sp³-hybridized carbons (Fsp3) is 0.438. The fourth-order valence-electron chi connectivity index (χ4n) is 2.37. The number of halogens is 1. The Morgan fingerprint density at radius 3 is 2.95 bits per heavy atom. The molecular formula is C16H21BrN2O2. The minimum atomic E-state index is -0.542. The van der Waals surface area contributed by atoms with Crippen molar-refractivity contribution >= 4 is 15.9 Å². The van der Waals surface area contributed by atoms with Crippen LogP contribution in [-0.2, 0) is 17.7 Å². The van der Waals surface area contributed by atoms with Crippen LogP contribution in [0.5, 0.6) is 0 Å². The summed E-state index contributed by atoms with van der Waals surface area (Å²) in [5, 5.41) is 14.7. The Hall–Kier alpha value is -1.17. The Bertz CT molecular complexity index is 583. The molecule has 0 aliphatic carbocycles. The second-order valence-electron chi connectivity index (χ2n) is 5.14. The Morgan fingerprint density at radius 1 is 1.43 bits per heavy atom. The molecule has 0 fully saturated rings. The predicted octanol–water partition coefficient (Wildman–Crippen LogP) is 3.27. The summed E-state index contributed by atoms with van der Waals surface area (Å²) >= 11 is 3.46. The van der Waals surface area contributed by atoms with Crippen LogP contribution in [0.3, 0.4) is 0 Å². The zero-order valence-electron chi connectivity index (χ0n) is 12.4. The Kier molecular flexibility index (Phi) is 5.96. The van der Waals surface area contributed by atoms with Gasteiger partial charge in [-0.3, -0.25) is 4.68 Å². The zero-order chi connectivity index (χ0) is 15.2. The number of hydrogen-bond acceptors (Lipinski definition) is 3. The lowest BCUT2D eigenvalue weighted by atomic mass is 10.0. The molecule has 1 aromatic heterocycles. The number of aromatic nitrogens is 2. The van der Waals surface area contributed by atoms with Crippen molar-refractivity contribution in [2.75, 3.05) is 13.7 Å². The highest BCUT2D eigenvalue weighted by Gasteiger charge is 2.17. The molecule has 0 bridgehead atoms. The van der Waals surface area contributed by atoms with E-state index in [-0.39, 0.29) is 0 Å². The largest absolute Gasteiger partial charge is 0.387 e. The third kappa shape index (κ3) is 4.40. The standard InChI is InChI=1S/C16H21BrN2O2/c1-12-4-3-5-13(10-12)6-7-15(20)16-14(17)11-18-19(16)8-9-21-2/h3-5,10-11,15,20H,6-9H2,1-2H3. The number of hydrogen-bond donors (Lipinski definition) is 1. The van der Waals surface area contributed by atoms with Gasteiger partial charge in [0.15, 0.2) is 0 Å². The van der Waals surface area contributed by atoms with Gasteiger partial charge in [0.05, 0.1) is 35.6 Å². The Balaban J connectivity index is 2.02. The molecule has 5 heteroatoms.